The topological polar surface area (TPSA) is 76.7 Å². The van der Waals surface area contributed by atoms with Gasteiger partial charge in [-0.15, -0.1) is 0 Å². The molecule has 0 spiro atoms. The number of amides is 2. The molecule has 0 atom stereocenters. The van der Waals surface area contributed by atoms with E-state index in [0.717, 1.165) is 0 Å². The van der Waals surface area contributed by atoms with Crippen molar-refractivity contribution in [3.8, 4) is 11.5 Å². The Hall–Kier alpha value is -2.61. The summed E-state index contributed by atoms with van der Waals surface area (Å²) in [6, 6.07) is 8.67. The number of carbonyl (C=O) groups is 2. The average molecular weight is 411 g/mol. The van der Waals surface area contributed by atoms with Crippen molar-refractivity contribution in [2.24, 2.45) is 0 Å². The smallest absolute Gasteiger partial charge is 0.273 e. The molecule has 2 rings (SSSR count). The third-order valence-corrected chi connectivity index (χ3v) is 3.88. The number of rotatable bonds is 5. The minimum Gasteiger partial charge on any atom is -0.497 e. The van der Waals surface area contributed by atoms with Gasteiger partial charge in [-0.25, -0.2) is 4.39 Å². The van der Waals surface area contributed by atoms with E-state index in [1.54, 1.807) is 6.07 Å². The van der Waals surface area contributed by atoms with Gasteiger partial charge in [-0.05, 0) is 45.8 Å². The van der Waals surface area contributed by atoms with Crippen molar-refractivity contribution >= 4 is 27.7 Å². The molecule has 132 valence electrons. The van der Waals surface area contributed by atoms with Crippen LogP contribution in [-0.2, 0) is 11.2 Å². The van der Waals surface area contributed by atoms with Gasteiger partial charge in [0.25, 0.3) is 5.91 Å². The van der Waals surface area contributed by atoms with E-state index in [1.165, 1.54) is 44.6 Å². The fraction of sp³-hybridized carbons (Fsp3) is 0.176. The Morgan fingerprint density at radius 3 is 2.36 bits per heavy atom. The van der Waals surface area contributed by atoms with Crippen LogP contribution in [0.25, 0.3) is 0 Å². The van der Waals surface area contributed by atoms with Crippen LogP contribution in [0.15, 0.2) is 40.9 Å². The van der Waals surface area contributed by atoms with Gasteiger partial charge in [0.05, 0.1) is 30.7 Å². The lowest BCUT2D eigenvalue weighted by molar-refractivity contribution is -0.121. The van der Waals surface area contributed by atoms with Crippen molar-refractivity contribution in [1.82, 2.24) is 10.9 Å². The quantitative estimate of drug-likeness (QED) is 0.742. The molecule has 2 amide bonds. The Morgan fingerprint density at radius 2 is 1.76 bits per heavy atom. The Balaban J connectivity index is 2.03. The number of hydrogen-bond acceptors (Lipinski definition) is 4. The Morgan fingerprint density at radius 1 is 1.08 bits per heavy atom. The largest absolute Gasteiger partial charge is 0.497 e. The summed E-state index contributed by atoms with van der Waals surface area (Å²) in [5.74, 6) is -0.625. The van der Waals surface area contributed by atoms with Crippen LogP contribution in [0.5, 0.6) is 11.5 Å². The zero-order valence-electron chi connectivity index (χ0n) is 13.6. The van der Waals surface area contributed by atoms with Gasteiger partial charge in [-0.3, -0.25) is 20.4 Å². The van der Waals surface area contributed by atoms with Crippen LogP contribution < -0.4 is 20.3 Å². The molecule has 6 nitrogen and oxygen atoms in total. The lowest BCUT2D eigenvalue weighted by Crippen LogP contribution is -2.42. The van der Waals surface area contributed by atoms with Crippen molar-refractivity contribution in [3.05, 3.63) is 57.8 Å². The van der Waals surface area contributed by atoms with Gasteiger partial charge in [0, 0.05) is 0 Å². The zero-order valence-corrected chi connectivity index (χ0v) is 15.1. The molecular formula is C17H16BrFN2O4. The van der Waals surface area contributed by atoms with Gasteiger partial charge in [-0.1, -0.05) is 12.1 Å². The zero-order chi connectivity index (χ0) is 18.4. The van der Waals surface area contributed by atoms with Crippen LogP contribution in [0.2, 0.25) is 0 Å². The van der Waals surface area contributed by atoms with E-state index in [1.807, 2.05) is 0 Å². The minimum atomic E-state index is -0.566. The monoisotopic (exact) mass is 410 g/mol. The Labute approximate surface area is 152 Å². The van der Waals surface area contributed by atoms with Crippen LogP contribution in [-0.4, -0.2) is 26.0 Å². The molecule has 0 aliphatic rings. The summed E-state index contributed by atoms with van der Waals surface area (Å²) >= 11 is 3.29. The van der Waals surface area contributed by atoms with Crippen LogP contribution in [0.4, 0.5) is 4.39 Å². The molecule has 0 heterocycles. The summed E-state index contributed by atoms with van der Waals surface area (Å²) in [5, 5.41) is 0. The minimum absolute atomic E-state index is 0.000496. The van der Waals surface area contributed by atoms with Crippen LogP contribution >= 0.6 is 15.9 Å². The summed E-state index contributed by atoms with van der Waals surface area (Å²) in [5.41, 5.74) is 5.43. The van der Waals surface area contributed by atoms with Crippen molar-refractivity contribution in [3.63, 3.8) is 0 Å². The van der Waals surface area contributed by atoms with Gasteiger partial charge in [0.2, 0.25) is 5.91 Å². The predicted molar refractivity (Wildman–Crippen MR) is 93.0 cm³/mol. The highest BCUT2D eigenvalue weighted by molar-refractivity contribution is 9.10. The normalized spacial score (nSPS) is 10.1. The molecular weight excluding hydrogens is 395 g/mol. The maximum atomic E-state index is 12.8. The Bertz CT molecular complexity index is 781. The van der Waals surface area contributed by atoms with Crippen molar-refractivity contribution in [2.75, 3.05) is 14.2 Å². The molecule has 0 saturated heterocycles. The third kappa shape index (κ3) is 4.93. The average Bonchev–Trinajstić information content (AvgIpc) is 2.60. The highest BCUT2D eigenvalue weighted by Gasteiger charge is 2.18. The van der Waals surface area contributed by atoms with Gasteiger partial charge in [0.1, 0.15) is 17.3 Å². The molecule has 0 aliphatic heterocycles. The molecule has 0 aromatic heterocycles. The second kappa shape index (κ2) is 8.48. The lowest BCUT2D eigenvalue weighted by atomic mass is 10.1. The summed E-state index contributed by atoms with van der Waals surface area (Å²) in [4.78, 5) is 24.2. The van der Waals surface area contributed by atoms with Gasteiger partial charge in [-0.2, -0.15) is 0 Å². The molecule has 25 heavy (non-hydrogen) atoms. The highest BCUT2D eigenvalue weighted by atomic mass is 79.9. The molecule has 0 saturated carbocycles. The molecule has 0 aliphatic carbocycles. The van der Waals surface area contributed by atoms with E-state index in [0.29, 0.717) is 21.5 Å². The number of hydrazine groups is 1. The van der Waals surface area contributed by atoms with E-state index in [4.69, 9.17) is 9.47 Å². The first-order chi connectivity index (χ1) is 11.9. The van der Waals surface area contributed by atoms with Crippen molar-refractivity contribution < 1.29 is 23.5 Å². The Kier molecular flexibility index (Phi) is 6.35. The molecule has 8 heteroatoms. The van der Waals surface area contributed by atoms with E-state index in [2.05, 4.69) is 26.8 Å². The fourth-order valence-electron chi connectivity index (χ4n) is 2.09. The van der Waals surface area contributed by atoms with E-state index < -0.39 is 11.8 Å². The number of benzene rings is 2. The standard InChI is InChI=1S/C17H16BrFN2O4/c1-24-12-8-13(16(25-2)14(18)9-12)17(23)21-20-15(22)7-10-3-5-11(19)6-4-10/h3-6,8-9H,7H2,1-2H3,(H,20,22)(H,21,23). The maximum absolute atomic E-state index is 12.8. The van der Waals surface area contributed by atoms with Crippen molar-refractivity contribution in [1.29, 1.82) is 0 Å². The van der Waals surface area contributed by atoms with Crippen LogP contribution in [0.3, 0.4) is 0 Å². The van der Waals surface area contributed by atoms with Crippen LogP contribution in [0, 0.1) is 5.82 Å². The SMILES string of the molecule is COc1cc(Br)c(OC)c(C(=O)NNC(=O)Cc2ccc(F)cc2)c1. The number of halogens is 2. The maximum Gasteiger partial charge on any atom is 0.273 e. The fourth-order valence-corrected chi connectivity index (χ4v) is 2.69. The van der Waals surface area contributed by atoms with Crippen molar-refractivity contribution in [2.45, 2.75) is 6.42 Å². The molecule has 0 fully saturated rings. The van der Waals surface area contributed by atoms with E-state index >= 15 is 0 Å². The number of hydrogen-bond donors (Lipinski definition) is 2. The lowest BCUT2D eigenvalue weighted by Gasteiger charge is -2.13. The summed E-state index contributed by atoms with van der Waals surface area (Å²) in [6.45, 7) is 0. The molecule has 2 N–H and O–H groups in total. The second-order valence-electron chi connectivity index (χ2n) is 5.00. The molecule has 0 radical (unpaired) electrons. The summed E-state index contributed by atoms with van der Waals surface area (Å²) in [6.07, 6.45) is -0.000496. The number of ether oxygens (including phenoxy) is 2. The number of nitrogens with one attached hydrogen (secondary N) is 2. The summed E-state index contributed by atoms with van der Waals surface area (Å²) < 4.78 is 23.7. The van der Waals surface area contributed by atoms with Gasteiger partial charge < -0.3 is 9.47 Å². The molecule has 0 bridgehead atoms. The van der Waals surface area contributed by atoms with Gasteiger partial charge >= 0.3 is 0 Å². The first-order valence-electron chi connectivity index (χ1n) is 7.19. The van der Waals surface area contributed by atoms with E-state index in [-0.39, 0.29) is 17.8 Å². The molecule has 2 aromatic carbocycles. The second-order valence-corrected chi connectivity index (χ2v) is 5.85. The number of methoxy groups -OCH3 is 2. The number of carbonyl (C=O) groups excluding carboxylic acids is 2. The van der Waals surface area contributed by atoms with E-state index in [9.17, 15) is 14.0 Å². The predicted octanol–water partition coefficient (Wildman–Crippen LogP) is 2.61. The molecule has 2 aromatic rings. The van der Waals surface area contributed by atoms with Gasteiger partial charge in [0.15, 0.2) is 0 Å². The first-order valence-corrected chi connectivity index (χ1v) is 7.99. The highest BCUT2D eigenvalue weighted by Crippen LogP contribution is 2.33. The first kappa shape index (κ1) is 18.7. The third-order valence-electron chi connectivity index (χ3n) is 3.29. The van der Waals surface area contributed by atoms with Crippen LogP contribution in [0.1, 0.15) is 15.9 Å². The summed E-state index contributed by atoms with van der Waals surface area (Å²) in [7, 11) is 2.90. The molecule has 0 unspecified atom stereocenters.